The van der Waals surface area contributed by atoms with E-state index in [0.717, 1.165) is 0 Å². The number of urea groups is 1. The summed E-state index contributed by atoms with van der Waals surface area (Å²) >= 11 is 0. The fourth-order valence-corrected chi connectivity index (χ4v) is 1.22. The van der Waals surface area contributed by atoms with E-state index in [-0.39, 0.29) is 17.3 Å². The van der Waals surface area contributed by atoms with Crippen molar-refractivity contribution < 1.29 is 9.90 Å². The molecule has 0 atom stereocenters. The minimum absolute atomic E-state index is 0.146. The highest BCUT2D eigenvalue weighted by atomic mass is 16.3. The molecule has 1 aromatic carbocycles. The van der Waals surface area contributed by atoms with Crippen molar-refractivity contribution in [1.82, 2.24) is 5.32 Å². The largest absolute Gasteiger partial charge is 0.508 e. The summed E-state index contributed by atoms with van der Waals surface area (Å²) in [7, 11) is 1.66. The zero-order valence-electron chi connectivity index (χ0n) is 10.1. The standard InChI is InChI=1S/C12H18N2O2/c1-12(2,3)13-11(16)14(4)9-6-5-7-10(15)8-9/h5-8,15H,1-4H3,(H,13,16). The zero-order chi connectivity index (χ0) is 12.3. The molecule has 4 heteroatoms. The molecular weight excluding hydrogens is 204 g/mol. The Labute approximate surface area is 95.9 Å². The second-order valence-electron chi connectivity index (χ2n) is 4.76. The van der Waals surface area contributed by atoms with Gasteiger partial charge in [0, 0.05) is 24.3 Å². The van der Waals surface area contributed by atoms with Gasteiger partial charge >= 0.3 is 6.03 Å². The summed E-state index contributed by atoms with van der Waals surface area (Å²) in [4.78, 5) is 13.3. The van der Waals surface area contributed by atoms with Crippen LogP contribution in [0.25, 0.3) is 0 Å². The number of rotatable bonds is 1. The van der Waals surface area contributed by atoms with E-state index in [1.165, 1.54) is 4.90 Å². The first kappa shape index (κ1) is 12.4. The number of aromatic hydroxyl groups is 1. The van der Waals surface area contributed by atoms with E-state index in [0.29, 0.717) is 5.69 Å². The lowest BCUT2D eigenvalue weighted by Gasteiger charge is -2.25. The molecule has 0 bridgehead atoms. The average molecular weight is 222 g/mol. The average Bonchev–Trinajstić information content (AvgIpc) is 2.14. The molecule has 2 amide bonds. The molecule has 0 heterocycles. The van der Waals surface area contributed by atoms with Gasteiger partial charge in [0.25, 0.3) is 0 Å². The Kier molecular flexibility index (Phi) is 3.42. The fourth-order valence-electron chi connectivity index (χ4n) is 1.22. The summed E-state index contributed by atoms with van der Waals surface area (Å²) in [5, 5.41) is 12.2. The second kappa shape index (κ2) is 4.43. The Morgan fingerprint density at radius 3 is 2.50 bits per heavy atom. The highest BCUT2D eigenvalue weighted by molar-refractivity contribution is 5.91. The molecule has 0 unspecified atom stereocenters. The van der Waals surface area contributed by atoms with E-state index in [4.69, 9.17) is 0 Å². The van der Waals surface area contributed by atoms with Gasteiger partial charge in [0.1, 0.15) is 5.75 Å². The second-order valence-corrected chi connectivity index (χ2v) is 4.76. The first-order valence-electron chi connectivity index (χ1n) is 5.14. The van der Waals surface area contributed by atoms with Gasteiger partial charge in [0.05, 0.1) is 0 Å². The van der Waals surface area contributed by atoms with Crippen LogP contribution in [-0.4, -0.2) is 23.7 Å². The molecule has 1 rings (SSSR count). The lowest BCUT2D eigenvalue weighted by Crippen LogP contribution is -2.47. The van der Waals surface area contributed by atoms with Crippen LogP contribution in [0, 0.1) is 0 Å². The summed E-state index contributed by atoms with van der Waals surface area (Å²) in [5.41, 5.74) is 0.379. The number of carbonyl (C=O) groups is 1. The molecule has 0 aliphatic carbocycles. The summed E-state index contributed by atoms with van der Waals surface area (Å²) < 4.78 is 0. The smallest absolute Gasteiger partial charge is 0.322 e. The van der Waals surface area contributed by atoms with Gasteiger partial charge in [-0.25, -0.2) is 4.79 Å². The van der Waals surface area contributed by atoms with E-state index in [9.17, 15) is 9.90 Å². The van der Waals surface area contributed by atoms with Crippen molar-refractivity contribution in [2.24, 2.45) is 0 Å². The van der Waals surface area contributed by atoms with E-state index < -0.39 is 0 Å². The Balaban J connectivity index is 2.78. The predicted molar refractivity (Wildman–Crippen MR) is 64.8 cm³/mol. The third-order valence-corrected chi connectivity index (χ3v) is 2.00. The third-order valence-electron chi connectivity index (χ3n) is 2.00. The summed E-state index contributed by atoms with van der Waals surface area (Å²) in [6.07, 6.45) is 0. The molecule has 0 spiro atoms. The Hall–Kier alpha value is -1.71. The number of benzene rings is 1. The van der Waals surface area contributed by atoms with E-state index in [2.05, 4.69) is 5.32 Å². The van der Waals surface area contributed by atoms with Crippen molar-refractivity contribution in [3.05, 3.63) is 24.3 Å². The maximum Gasteiger partial charge on any atom is 0.322 e. The molecule has 0 aliphatic heterocycles. The quantitative estimate of drug-likeness (QED) is 0.766. The normalized spacial score (nSPS) is 11.0. The molecule has 4 nitrogen and oxygen atoms in total. The molecule has 0 saturated heterocycles. The zero-order valence-corrected chi connectivity index (χ0v) is 10.1. The number of carbonyl (C=O) groups excluding carboxylic acids is 1. The molecule has 0 aromatic heterocycles. The third kappa shape index (κ3) is 3.46. The number of hydrogen-bond acceptors (Lipinski definition) is 2. The molecule has 16 heavy (non-hydrogen) atoms. The van der Waals surface area contributed by atoms with Crippen LogP contribution >= 0.6 is 0 Å². The van der Waals surface area contributed by atoms with E-state index in [1.54, 1.807) is 31.3 Å². The molecule has 2 N–H and O–H groups in total. The van der Waals surface area contributed by atoms with Crippen LogP contribution < -0.4 is 10.2 Å². The molecule has 88 valence electrons. The van der Waals surface area contributed by atoms with Crippen LogP contribution in [-0.2, 0) is 0 Å². The van der Waals surface area contributed by atoms with Crippen molar-refractivity contribution in [1.29, 1.82) is 0 Å². The maximum absolute atomic E-state index is 11.8. The topological polar surface area (TPSA) is 52.6 Å². The van der Waals surface area contributed by atoms with E-state index >= 15 is 0 Å². The number of hydrogen-bond donors (Lipinski definition) is 2. The van der Waals surface area contributed by atoms with Crippen LogP contribution in [0.15, 0.2) is 24.3 Å². The van der Waals surface area contributed by atoms with Crippen molar-refractivity contribution in [3.8, 4) is 5.75 Å². The number of nitrogens with zero attached hydrogens (tertiary/aromatic N) is 1. The van der Waals surface area contributed by atoms with Gasteiger partial charge in [-0.1, -0.05) is 6.07 Å². The first-order chi connectivity index (χ1) is 7.29. The first-order valence-corrected chi connectivity index (χ1v) is 5.14. The molecular formula is C12H18N2O2. The summed E-state index contributed by atoms with van der Waals surface area (Å²) in [6.45, 7) is 5.75. The minimum Gasteiger partial charge on any atom is -0.508 e. The van der Waals surface area contributed by atoms with Crippen molar-refractivity contribution in [3.63, 3.8) is 0 Å². The highest BCUT2D eigenvalue weighted by Crippen LogP contribution is 2.19. The van der Waals surface area contributed by atoms with Gasteiger partial charge < -0.3 is 10.4 Å². The molecule has 0 radical (unpaired) electrons. The predicted octanol–water partition coefficient (Wildman–Crippen LogP) is 2.34. The number of phenolic OH excluding ortho intramolecular Hbond substituents is 1. The number of phenols is 1. The van der Waals surface area contributed by atoms with Crippen molar-refractivity contribution >= 4 is 11.7 Å². The molecule has 0 saturated carbocycles. The van der Waals surface area contributed by atoms with Crippen LogP contribution in [0.3, 0.4) is 0 Å². The van der Waals surface area contributed by atoms with Crippen LogP contribution in [0.2, 0.25) is 0 Å². The van der Waals surface area contributed by atoms with Gasteiger partial charge in [0.2, 0.25) is 0 Å². The SMILES string of the molecule is CN(C(=O)NC(C)(C)C)c1cccc(O)c1. The lowest BCUT2D eigenvalue weighted by molar-refractivity contribution is 0.239. The van der Waals surface area contributed by atoms with Gasteiger partial charge in [0.15, 0.2) is 0 Å². The van der Waals surface area contributed by atoms with E-state index in [1.807, 2.05) is 20.8 Å². The monoisotopic (exact) mass is 222 g/mol. The van der Waals surface area contributed by atoms with Crippen molar-refractivity contribution in [2.75, 3.05) is 11.9 Å². The number of anilines is 1. The summed E-state index contributed by atoms with van der Waals surface area (Å²) in [5.74, 6) is 0.146. The minimum atomic E-state index is -0.276. The van der Waals surface area contributed by atoms with Crippen LogP contribution in [0.4, 0.5) is 10.5 Å². The molecule has 0 fully saturated rings. The van der Waals surface area contributed by atoms with Crippen molar-refractivity contribution in [2.45, 2.75) is 26.3 Å². The fraction of sp³-hybridized carbons (Fsp3) is 0.417. The number of nitrogens with one attached hydrogen (secondary N) is 1. The van der Waals surface area contributed by atoms with Gasteiger partial charge in [-0.3, -0.25) is 4.90 Å². The van der Waals surface area contributed by atoms with Gasteiger partial charge in [-0.2, -0.15) is 0 Å². The maximum atomic E-state index is 11.8. The Morgan fingerprint density at radius 2 is 2.00 bits per heavy atom. The Morgan fingerprint density at radius 1 is 1.38 bits per heavy atom. The number of amides is 2. The highest BCUT2D eigenvalue weighted by Gasteiger charge is 2.17. The lowest BCUT2D eigenvalue weighted by atomic mass is 10.1. The van der Waals surface area contributed by atoms with Gasteiger partial charge in [-0.05, 0) is 32.9 Å². The summed E-state index contributed by atoms with van der Waals surface area (Å²) in [6, 6.07) is 6.38. The van der Waals surface area contributed by atoms with Gasteiger partial charge in [-0.15, -0.1) is 0 Å². The molecule has 1 aromatic rings. The molecule has 0 aliphatic rings. The van der Waals surface area contributed by atoms with Crippen LogP contribution in [0.1, 0.15) is 20.8 Å². The Bertz CT molecular complexity index is 383. The van der Waals surface area contributed by atoms with Crippen LogP contribution in [0.5, 0.6) is 5.75 Å².